The second-order valence-corrected chi connectivity index (χ2v) is 9.79. The summed E-state index contributed by atoms with van der Waals surface area (Å²) in [6, 6.07) is 18.2. The van der Waals surface area contributed by atoms with Gasteiger partial charge in [-0.2, -0.15) is 0 Å². The molecule has 0 spiro atoms. The van der Waals surface area contributed by atoms with Gasteiger partial charge in [-0.3, -0.25) is 14.4 Å². The fraction of sp³-hybridized carbons (Fsp3) is 0.276. The third-order valence-corrected chi connectivity index (χ3v) is 6.59. The molecule has 0 aliphatic carbocycles. The number of hydrogen-bond donors (Lipinski definition) is 2. The van der Waals surface area contributed by atoms with Crippen molar-refractivity contribution in [2.24, 2.45) is 5.92 Å². The van der Waals surface area contributed by atoms with Gasteiger partial charge in [-0.1, -0.05) is 41.4 Å². The Kier molecular flexibility index (Phi) is 8.14. The van der Waals surface area contributed by atoms with Crippen molar-refractivity contribution in [2.75, 3.05) is 23.4 Å². The summed E-state index contributed by atoms with van der Waals surface area (Å²) in [7, 11) is 0. The molecule has 0 saturated carbocycles. The molecule has 1 heterocycles. The highest BCUT2D eigenvalue weighted by atomic mass is 35.5. The standard InChI is InChI=1S/C29H30ClN3O4/c1-18-12-19(2)28(20(3)13-18)32-26(34)17-37-25-10-8-24(9-11-25)33-16-22(14-27(33)35)29(36)31-15-21-4-6-23(30)7-5-21/h4-13,22H,14-17H2,1-3H3,(H,31,36)(H,32,34)/t22-/m1/s1. The van der Waals surface area contributed by atoms with E-state index in [-0.39, 0.29) is 30.7 Å². The molecule has 0 unspecified atom stereocenters. The Morgan fingerprint density at radius 1 is 1.00 bits per heavy atom. The number of halogens is 1. The molecule has 3 aromatic rings. The maximum atomic E-state index is 12.6. The quantitative estimate of drug-likeness (QED) is 0.440. The average Bonchev–Trinajstić information content (AvgIpc) is 3.26. The SMILES string of the molecule is Cc1cc(C)c(NC(=O)COc2ccc(N3C[C@H](C(=O)NCc4ccc(Cl)cc4)CC3=O)cc2)c(C)c1. The Bertz CT molecular complexity index is 1280. The Labute approximate surface area is 221 Å². The summed E-state index contributed by atoms with van der Waals surface area (Å²) in [5.41, 5.74) is 5.57. The molecule has 3 amide bonds. The summed E-state index contributed by atoms with van der Waals surface area (Å²) < 4.78 is 5.64. The Morgan fingerprint density at radius 3 is 2.30 bits per heavy atom. The zero-order chi connectivity index (χ0) is 26.5. The molecular weight excluding hydrogens is 490 g/mol. The Morgan fingerprint density at radius 2 is 1.65 bits per heavy atom. The summed E-state index contributed by atoms with van der Waals surface area (Å²) >= 11 is 5.90. The summed E-state index contributed by atoms with van der Waals surface area (Å²) in [6.07, 6.45) is 0.155. The Hall–Kier alpha value is -3.84. The monoisotopic (exact) mass is 519 g/mol. The van der Waals surface area contributed by atoms with Crippen LogP contribution in [-0.2, 0) is 20.9 Å². The van der Waals surface area contributed by atoms with Crippen LogP contribution in [-0.4, -0.2) is 30.9 Å². The van der Waals surface area contributed by atoms with Crippen LogP contribution in [0, 0.1) is 26.7 Å². The molecule has 7 nitrogen and oxygen atoms in total. The Balaban J connectivity index is 1.28. The highest BCUT2D eigenvalue weighted by Crippen LogP contribution is 2.27. The van der Waals surface area contributed by atoms with Crippen LogP contribution in [0.3, 0.4) is 0 Å². The molecule has 0 bridgehead atoms. The fourth-order valence-corrected chi connectivity index (χ4v) is 4.62. The van der Waals surface area contributed by atoms with E-state index in [9.17, 15) is 14.4 Å². The molecule has 0 aromatic heterocycles. The van der Waals surface area contributed by atoms with Crippen molar-refractivity contribution in [3.63, 3.8) is 0 Å². The number of aryl methyl sites for hydroxylation is 3. The van der Waals surface area contributed by atoms with E-state index in [1.807, 2.05) is 45.0 Å². The van der Waals surface area contributed by atoms with Crippen molar-refractivity contribution in [1.82, 2.24) is 5.32 Å². The van der Waals surface area contributed by atoms with Crippen molar-refractivity contribution < 1.29 is 19.1 Å². The van der Waals surface area contributed by atoms with Crippen LogP contribution in [0.2, 0.25) is 5.02 Å². The van der Waals surface area contributed by atoms with Crippen molar-refractivity contribution in [1.29, 1.82) is 0 Å². The largest absolute Gasteiger partial charge is 0.484 e. The third-order valence-electron chi connectivity index (χ3n) is 6.34. The average molecular weight is 520 g/mol. The molecule has 2 N–H and O–H groups in total. The normalized spacial score (nSPS) is 15.0. The number of hydrogen-bond acceptors (Lipinski definition) is 4. The maximum absolute atomic E-state index is 12.6. The van der Waals surface area contributed by atoms with Crippen LogP contribution in [0.25, 0.3) is 0 Å². The van der Waals surface area contributed by atoms with Gasteiger partial charge >= 0.3 is 0 Å². The number of carbonyl (C=O) groups excluding carboxylic acids is 3. The van der Waals surface area contributed by atoms with Crippen LogP contribution < -0.4 is 20.3 Å². The first kappa shape index (κ1) is 26.2. The fourth-order valence-electron chi connectivity index (χ4n) is 4.49. The first-order valence-electron chi connectivity index (χ1n) is 12.1. The zero-order valence-corrected chi connectivity index (χ0v) is 21.9. The topological polar surface area (TPSA) is 87.7 Å². The molecule has 3 aromatic carbocycles. The zero-order valence-electron chi connectivity index (χ0n) is 21.1. The van der Waals surface area contributed by atoms with E-state index in [1.165, 1.54) is 0 Å². The summed E-state index contributed by atoms with van der Waals surface area (Å²) in [4.78, 5) is 39.2. The van der Waals surface area contributed by atoms with E-state index in [0.29, 0.717) is 29.5 Å². The summed E-state index contributed by atoms with van der Waals surface area (Å²) in [5.74, 6) is -0.422. The van der Waals surface area contributed by atoms with E-state index in [1.54, 1.807) is 41.3 Å². The van der Waals surface area contributed by atoms with Gasteiger partial charge in [-0.05, 0) is 73.9 Å². The molecule has 37 heavy (non-hydrogen) atoms. The second kappa shape index (κ2) is 11.5. The number of benzene rings is 3. The molecule has 0 radical (unpaired) electrons. The number of carbonyl (C=O) groups is 3. The highest BCUT2D eigenvalue weighted by molar-refractivity contribution is 6.30. The minimum Gasteiger partial charge on any atom is -0.484 e. The lowest BCUT2D eigenvalue weighted by atomic mass is 10.1. The van der Waals surface area contributed by atoms with Crippen LogP contribution >= 0.6 is 11.6 Å². The second-order valence-electron chi connectivity index (χ2n) is 9.35. The van der Waals surface area contributed by atoms with Gasteiger partial charge in [0.1, 0.15) is 5.75 Å². The minimum atomic E-state index is -0.423. The van der Waals surface area contributed by atoms with Crippen molar-refractivity contribution in [3.8, 4) is 5.75 Å². The predicted molar refractivity (Wildman–Crippen MR) is 145 cm³/mol. The van der Waals surface area contributed by atoms with Gasteiger partial charge < -0.3 is 20.3 Å². The molecule has 1 saturated heterocycles. The number of anilines is 2. The third kappa shape index (κ3) is 6.68. The number of nitrogens with zero attached hydrogens (tertiary/aromatic N) is 1. The van der Waals surface area contributed by atoms with Crippen LogP contribution in [0.15, 0.2) is 60.7 Å². The number of amides is 3. The molecule has 1 aliphatic heterocycles. The van der Waals surface area contributed by atoms with Crippen LogP contribution in [0.4, 0.5) is 11.4 Å². The first-order valence-corrected chi connectivity index (χ1v) is 12.5. The van der Waals surface area contributed by atoms with Gasteiger partial charge in [0.2, 0.25) is 11.8 Å². The van der Waals surface area contributed by atoms with Crippen molar-refractivity contribution in [2.45, 2.75) is 33.7 Å². The smallest absolute Gasteiger partial charge is 0.262 e. The lowest BCUT2D eigenvalue weighted by Crippen LogP contribution is -2.32. The van der Waals surface area contributed by atoms with Crippen molar-refractivity contribution >= 4 is 40.7 Å². The maximum Gasteiger partial charge on any atom is 0.262 e. The van der Waals surface area contributed by atoms with E-state index >= 15 is 0 Å². The summed E-state index contributed by atoms with van der Waals surface area (Å²) in [5, 5.41) is 6.45. The number of rotatable bonds is 8. The highest BCUT2D eigenvalue weighted by Gasteiger charge is 2.35. The predicted octanol–water partition coefficient (Wildman–Crippen LogP) is 4.95. The van der Waals surface area contributed by atoms with Gasteiger partial charge in [0.05, 0.1) is 5.92 Å². The number of ether oxygens (including phenoxy) is 1. The van der Waals surface area contributed by atoms with E-state index < -0.39 is 5.92 Å². The number of nitrogens with one attached hydrogen (secondary N) is 2. The molecule has 1 atom stereocenters. The van der Waals surface area contributed by atoms with Gasteiger partial charge in [0.25, 0.3) is 5.91 Å². The molecule has 8 heteroatoms. The molecule has 1 aliphatic rings. The van der Waals surface area contributed by atoms with Gasteiger partial charge in [0, 0.05) is 35.9 Å². The lowest BCUT2D eigenvalue weighted by molar-refractivity contribution is -0.126. The van der Waals surface area contributed by atoms with Crippen LogP contribution in [0.1, 0.15) is 28.7 Å². The summed E-state index contributed by atoms with van der Waals surface area (Å²) in [6.45, 7) is 6.49. The lowest BCUT2D eigenvalue weighted by Gasteiger charge is -2.17. The van der Waals surface area contributed by atoms with E-state index in [4.69, 9.17) is 16.3 Å². The van der Waals surface area contributed by atoms with Gasteiger partial charge in [0.15, 0.2) is 6.61 Å². The van der Waals surface area contributed by atoms with Crippen LogP contribution in [0.5, 0.6) is 5.75 Å². The molecular formula is C29H30ClN3O4. The van der Waals surface area contributed by atoms with E-state index in [2.05, 4.69) is 10.6 Å². The van der Waals surface area contributed by atoms with Crippen molar-refractivity contribution in [3.05, 3.63) is 87.9 Å². The van der Waals surface area contributed by atoms with Gasteiger partial charge in [-0.15, -0.1) is 0 Å². The van der Waals surface area contributed by atoms with Gasteiger partial charge in [-0.25, -0.2) is 0 Å². The minimum absolute atomic E-state index is 0.108. The van der Waals surface area contributed by atoms with E-state index in [0.717, 1.165) is 27.9 Å². The molecule has 1 fully saturated rings. The molecule has 4 rings (SSSR count). The first-order chi connectivity index (χ1) is 17.7. The molecule has 192 valence electrons.